The van der Waals surface area contributed by atoms with Crippen molar-refractivity contribution in [1.29, 1.82) is 0 Å². The van der Waals surface area contributed by atoms with Gasteiger partial charge in [0.25, 0.3) is 11.8 Å². The number of carbonyl (C=O) groups excluding carboxylic acids is 2. The summed E-state index contributed by atoms with van der Waals surface area (Å²) in [5.74, 6) is -1.31. The molecule has 0 unspecified atom stereocenters. The first-order valence-corrected chi connectivity index (χ1v) is 10.9. The first-order valence-electron chi connectivity index (χ1n) is 9.23. The molecule has 2 N–H and O–H groups in total. The van der Waals surface area contributed by atoms with Gasteiger partial charge in [-0.1, -0.05) is 30.3 Å². The number of carbonyl (C=O) groups is 2. The number of hydrogen-bond acceptors (Lipinski definition) is 6. The molecule has 2 aromatic rings. The van der Waals surface area contributed by atoms with Gasteiger partial charge in [0.15, 0.2) is 0 Å². The first-order chi connectivity index (χ1) is 13.9. The van der Waals surface area contributed by atoms with E-state index in [1.807, 2.05) is 35.1 Å². The van der Waals surface area contributed by atoms with E-state index in [4.69, 9.17) is 4.74 Å². The highest BCUT2D eigenvalue weighted by molar-refractivity contribution is 7.90. The molecule has 0 aliphatic heterocycles. The molecule has 0 spiro atoms. The van der Waals surface area contributed by atoms with Crippen LogP contribution in [-0.4, -0.2) is 51.2 Å². The summed E-state index contributed by atoms with van der Waals surface area (Å²) < 4.78 is 31.1. The lowest BCUT2D eigenvalue weighted by molar-refractivity contribution is 0.0929. The monoisotopic (exact) mass is 419 g/mol. The molecular formula is C20H25N3O5S. The normalized spacial score (nSPS) is 11.1. The van der Waals surface area contributed by atoms with Crippen LogP contribution < -0.4 is 10.0 Å². The summed E-state index contributed by atoms with van der Waals surface area (Å²) in [5, 5.41) is 2.60. The summed E-state index contributed by atoms with van der Waals surface area (Å²) >= 11 is 0. The van der Waals surface area contributed by atoms with Crippen LogP contribution in [0.5, 0.6) is 0 Å². The third-order valence-corrected chi connectivity index (χ3v) is 5.39. The lowest BCUT2D eigenvalue weighted by Crippen LogP contribution is -2.33. The molecule has 1 heterocycles. The topological polar surface area (TPSA) is 114 Å². The van der Waals surface area contributed by atoms with E-state index in [0.29, 0.717) is 26.0 Å². The fraction of sp³-hybridized carbons (Fsp3) is 0.350. The highest BCUT2D eigenvalue weighted by Crippen LogP contribution is 2.06. The van der Waals surface area contributed by atoms with Gasteiger partial charge in [0.1, 0.15) is 5.69 Å². The quantitative estimate of drug-likeness (QED) is 0.534. The van der Waals surface area contributed by atoms with Gasteiger partial charge in [-0.25, -0.2) is 13.1 Å². The van der Waals surface area contributed by atoms with E-state index in [2.05, 4.69) is 10.3 Å². The standard InChI is InChI=1S/C20H25N3O5S/c1-28-13-12-21-20(25)18-11-10-17(15-22-18)19(24)23-29(26,27)14-6-5-9-16-7-3-2-4-8-16/h2-4,7-8,10-11,15H,5-6,9,12-14H2,1H3,(H,21,25)(H,23,24). The molecule has 2 amide bonds. The number of unbranched alkanes of at least 4 members (excludes halogenated alkanes) is 1. The maximum Gasteiger partial charge on any atom is 0.269 e. The van der Waals surface area contributed by atoms with Gasteiger partial charge < -0.3 is 10.1 Å². The molecule has 1 aromatic heterocycles. The second-order valence-corrected chi connectivity index (χ2v) is 8.22. The summed E-state index contributed by atoms with van der Waals surface area (Å²) in [6.07, 6.45) is 3.09. The van der Waals surface area contributed by atoms with E-state index in [-0.39, 0.29) is 17.0 Å². The minimum Gasteiger partial charge on any atom is -0.383 e. The smallest absolute Gasteiger partial charge is 0.269 e. The number of pyridine rings is 1. The largest absolute Gasteiger partial charge is 0.383 e. The molecule has 0 bridgehead atoms. The third kappa shape index (κ3) is 8.00. The first kappa shape index (κ1) is 22.5. The molecule has 0 aliphatic rings. The minimum absolute atomic E-state index is 0.0614. The number of nitrogens with zero attached hydrogens (tertiary/aromatic N) is 1. The van der Waals surface area contributed by atoms with Crippen LogP contribution in [-0.2, 0) is 21.2 Å². The predicted molar refractivity (Wildman–Crippen MR) is 109 cm³/mol. The van der Waals surface area contributed by atoms with Crippen LogP contribution in [0.4, 0.5) is 0 Å². The van der Waals surface area contributed by atoms with Crippen LogP contribution in [0.1, 0.15) is 39.3 Å². The zero-order valence-corrected chi connectivity index (χ0v) is 17.1. The average molecular weight is 420 g/mol. The van der Waals surface area contributed by atoms with Crippen molar-refractivity contribution >= 4 is 21.8 Å². The van der Waals surface area contributed by atoms with Crippen LogP contribution in [0.15, 0.2) is 48.7 Å². The molecule has 0 radical (unpaired) electrons. The minimum atomic E-state index is -3.75. The molecule has 0 aliphatic carbocycles. The Labute approximate surface area is 170 Å². The zero-order chi connectivity index (χ0) is 21.1. The fourth-order valence-corrected chi connectivity index (χ4v) is 3.62. The van der Waals surface area contributed by atoms with Crippen molar-refractivity contribution in [2.75, 3.05) is 26.0 Å². The van der Waals surface area contributed by atoms with Crippen molar-refractivity contribution in [3.63, 3.8) is 0 Å². The van der Waals surface area contributed by atoms with Gasteiger partial charge in [-0.2, -0.15) is 0 Å². The highest BCUT2D eigenvalue weighted by Gasteiger charge is 2.17. The van der Waals surface area contributed by atoms with E-state index in [1.165, 1.54) is 25.4 Å². The third-order valence-electron chi connectivity index (χ3n) is 4.07. The van der Waals surface area contributed by atoms with Crippen LogP contribution >= 0.6 is 0 Å². The van der Waals surface area contributed by atoms with Crippen molar-refractivity contribution in [3.8, 4) is 0 Å². The molecule has 156 valence electrons. The SMILES string of the molecule is COCCNC(=O)c1ccc(C(=O)NS(=O)(=O)CCCCc2ccccc2)cn1. The van der Waals surface area contributed by atoms with E-state index >= 15 is 0 Å². The van der Waals surface area contributed by atoms with Crippen molar-refractivity contribution < 1.29 is 22.7 Å². The molecule has 0 atom stereocenters. The van der Waals surface area contributed by atoms with Crippen molar-refractivity contribution in [2.24, 2.45) is 0 Å². The molecule has 0 saturated heterocycles. The summed E-state index contributed by atoms with van der Waals surface area (Å²) in [6, 6.07) is 12.5. The van der Waals surface area contributed by atoms with E-state index in [9.17, 15) is 18.0 Å². The second kappa shape index (κ2) is 11.3. The summed E-state index contributed by atoms with van der Waals surface area (Å²) in [6.45, 7) is 0.706. The summed E-state index contributed by atoms with van der Waals surface area (Å²) in [4.78, 5) is 27.9. The number of hydrogen-bond donors (Lipinski definition) is 2. The van der Waals surface area contributed by atoms with Crippen molar-refractivity contribution in [3.05, 3.63) is 65.5 Å². The van der Waals surface area contributed by atoms with Gasteiger partial charge in [-0.15, -0.1) is 0 Å². The summed E-state index contributed by atoms with van der Waals surface area (Å²) in [7, 11) is -2.22. The molecule has 8 nitrogen and oxygen atoms in total. The van der Waals surface area contributed by atoms with Gasteiger partial charge >= 0.3 is 0 Å². The highest BCUT2D eigenvalue weighted by atomic mass is 32.2. The van der Waals surface area contributed by atoms with Gasteiger partial charge in [-0.3, -0.25) is 14.6 Å². The Morgan fingerprint density at radius 3 is 2.45 bits per heavy atom. The van der Waals surface area contributed by atoms with Gasteiger partial charge in [0.05, 0.1) is 17.9 Å². The molecule has 1 aromatic carbocycles. The number of nitrogens with one attached hydrogen (secondary N) is 2. The van der Waals surface area contributed by atoms with Crippen LogP contribution in [0.2, 0.25) is 0 Å². The Morgan fingerprint density at radius 1 is 1.03 bits per heavy atom. The van der Waals surface area contributed by atoms with E-state index < -0.39 is 21.8 Å². The number of sulfonamides is 1. The number of aryl methyl sites for hydroxylation is 1. The van der Waals surface area contributed by atoms with Gasteiger partial charge in [0.2, 0.25) is 10.0 Å². The Morgan fingerprint density at radius 2 is 1.79 bits per heavy atom. The predicted octanol–water partition coefficient (Wildman–Crippen LogP) is 1.54. The second-order valence-electron chi connectivity index (χ2n) is 6.37. The molecule has 9 heteroatoms. The number of ether oxygens (including phenoxy) is 1. The average Bonchev–Trinajstić information content (AvgIpc) is 2.72. The Hall–Kier alpha value is -2.78. The lowest BCUT2D eigenvalue weighted by atomic mass is 10.1. The van der Waals surface area contributed by atoms with Crippen LogP contribution in [0, 0.1) is 0 Å². The Kier molecular flexibility index (Phi) is 8.75. The number of benzene rings is 1. The van der Waals surface area contributed by atoms with Gasteiger partial charge in [-0.05, 0) is 37.0 Å². The molecule has 29 heavy (non-hydrogen) atoms. The number of aromatic nitrogens is 1. The molecule has 0 saturated carbocycles. The number of methoxy groups -OCH3 is 1. The molecule has 0 fully saturated rings. The van der Waals surface area contributed by atoms with Crippen LogP contribution in [0.25, 0.3) is 0 Å². The lowest BCUT2D eigenvalue weighted by Gasteiger charge is -2.08. The number of rotatable bonds is 11. The maximum atomic E-state index is 12.2. The molecular weight excluding hydrogens is 394 g/mol. The Bertz CT molecular complexity index is 899. The number of amides is 2. The van der Waals surface area contributed by atoms with E-state index in [1.54, 1.807) is 0 Å². The summed E-state index contributed by atoms with van der Waals surface area (Å²) in [5.41, 5.74) is 1.33. The maximum absolute atomic E-state index is 12.2. The zero-order valence-electron chi connectivity index (χ0n) is 16.3. The molecule has 2 rings (SSSR count). The van der Waals surface area contributed by atoms with E-state index in [0.717, 1.165) is 12.0 Å². The van der Waals surface area contributed by atoms with Gasteiger partial charge in [0, 0.05) is 19.9 Å². The Balaban J connectivity index is 1.80. The van der Waals surface area contributed by atoms with Crippen molar-refractivity contribution in [2.45, 2.75) is 19.3 Å². The fourth-order valence-electron chi connectivity index (χ4n) is 2.54. The van der Waals surface area contributed by atoms with Crippen LogP contribution in [0.3, 0.4) is 0 Å². The van der Waals surface area contributed by atoms with Crippen molar-refractivity contribution in [1.82, 2.24) is 15.0 Å².